The SMILES string of the molecule is COc1cc(C(=O)NC2CC3(CCN(CC4CCN(c5ccc(C6CCC(=O)NC6=O)cc5F)CC4)CC3)C2)ccc1Nc1ncc2c(n1)N1CCC[C@@H]1CC(=O)N2C. The van der Waals surface area contributed by atoms with Crippen molar-refractivity contribution in [2.24, 2.45) is 11.3 Å². The lowest BCUT2D eigenvalue weighted by molar-refractivity contribution is -0.134. The number of nitrogens with zero attached hydrogens (tertiary/aromatic N) is 6. The molecule has 4 saturated heterocycles. The van der Waals surface area contributed by atoms with Crippen LogP contribution in [0.2, 0.25) is 0 Å². The highest BCUT2D eigenvalue weighted by Crippen LogP contribution is 2.49. The van der Waals surface area contributed by atoms with E-state index in [2.05, 4.69) is 35.6 Å². The molecule has 1 unspecified atom stereocenters. The van der Waals surface area contributed by atoms with E-state index in [0.29, 0.717) is 58.6 Å². The Morgan fingerprint density at radius 2 is 1.78 bits per heavy atom. The summed E-state index contributed by atoms with van der Waals surface area (Å²) in [5.74, 6) is 0.770. The van der Waals surface area contributed by atoms with Crippen LogP contribution in [-0.4, -0.2) is 104 Å². The third-order valence-corrected chi connectivity index (χ3v) is 14.0. The minimum absolute atomic E-state index is 0.0690. The van der Waals surface area contributed by atoms with E-state index in [-0.39, 0.29) is 53.4 Å². The summed E-state index contributed by atoms with van der Waals surface area (Å²) in [6.45, 7) is 5.63. The Morgan fingerprint density at radius 1 is 0.983 bits per heavy atom. The molecule has 312 valence electrons. The van der Waals surface area contributed by atoms with Crippen molar-refractivity contribution in [3.8, 4) is 5.75 Å². The standard InChI is InChI=1S/C44H54FN9O5/c1-51-36-25-46-43(50-40(36)54-15-3-4-31(54)22-39(51)56)48-34-8-5-29(21-37(34)59-2)41(57)47-30-23-44(24-30)13-18-52(19-14-44)26-27-11-16-53(17-12-27)35-9-6-28(20-33(35)45)32-7-10-38(55)49-42(32)58/h5-6,8-9,20-21,25,27,30-32H,3-4,7,10-19,22-24,26H2,1-2H3,(H,47,57)(H,46,48,50)(H,49,55,58)/t31-,32?/m1/s1. The number of methoxy groups -OCH3 is 1. The molecule has 6 heterocycles. The van der Waals surface area contributed by atoms with Crippen molar-refractivity contribution in [2.45, 2.75) is 88.6 Å². The lowest BCUT2D eigenvalue weighted by Crippen LogP contribution is -2.55. The number of hydrogen-bond acceptors (Lipinski definition) is 11. The number of halogens is 1. The largest absolute Gasteiger partial charge is 0.495 e. The number of anilines is 5. The molecule has 1 spiro atoms. The highest BCUT2D eigenvalue weighted by Gasteiger charge is 2.46. The van der Waals surface area contributed by atoms with Gasteiger partial charge in [0.2, 0.25) is 23.7 Å². The molecule has 5 fully saturated rings. The minimum atomic E-state index is -0.488. The molecule has 3 aromatic rings. The van der Waals surface area contributed by atoms with Gasteiger partial charge < -0.3 is 35.0 Å². The third kappa shape index (κ3) is 7.93. The summed E-state index contributed by atoms with van der Waals surface area (Å²) in [6, 6.07) is 10.7. The van der Waals surface area contributed by atoms with Gasteiger partial charge in [-0.15, -0.1) is 0 Å². The molecule has 0 bridgehead atoms. The van der Waals surface area contributed by atoms with Gasteiger partial charge in [0.25, 0.3) is 5.91 Å². The minimum Gasteiger partial charge on any atom is -0.495 e. The second kappa shape index (κ2) is 16.0. The summed E-state index contributed by atoms with van der Waals surface area (Å²) >= 11 is 0. The lowest BCUT2D eigenvalue weighted by Gasteiger charge is -2.52. The van der Waals surface area contributed by atoms with Crippen molar-refractivity contribution in [1.82, 2.24) is 25.5 Å². The van der Waals surface area contributed by atoms with Gasteiger partial charge >= 0.3 is 0 Å². The number of hydrogen-bond donors (Lipinski definition) is 3. The molecule has 2 aromatic carbocycles. The van der Waals surface area contributed by atoms with Gasteiger partial charge in [-0.2, -0.15) is 4.98 Å². The molecule has 1 aliphatic carbocycles. The van der Waals surface area contributed by atoms with Gasteiger partial charge in [0.05, 0.1) is 30.6 Å². The third-order valence-electron chi connectivity index (χ3n) is 14.0. The summed E-state index contributed by atoms with van der Waals surface area (Å²) in [4.78, 5) is 67.9. The van der Waals surface area contributed by atoms with E-state index in [1.165, 1.54) is 6.07 Å². The zero-order chi connectivity index (χ0) is 40.8. The summed E-state index contributed by atoms with van der Waals surface area (Å²) in [7, 11) is 3.35. The Morgan fingerprint density at radius 3 is 2.53 bits per heavy atom. The first-order valence-corrected chi connectivity index (χ1v) is 21.3. The number of carbonyl (C=O) groups is 4. The monoisotopic (exact) mass is 807 g/mol. The second-order valence-corrected chi connectivity index (χ2v) is 17.6. The van der Waals surface area contributed by atoms with Crippen LogP contribution in [0, 0.1) is 17.2 Å². The molecule has 5 aliphatic heterocycles. The van der Waals surface area contributed by atoms with Gasteiger partial charge in [0, 0.05) is 63.7 Å². The van der Waals surface area contributed by atoms with Crippen LogP contribution < -0.4 is 35.4 Å². The molecule has 6 aliphatic rings. The Balaban J connectivity index is 0.726. The molecule has 14 nitrogen and oxygen atoms in total. The van der Waals surface area contributed by atoms with Crippen molar-refractivity contribution < 1.29 is 28.3 Å². The van der Waals surface area contributed by atoms with E-state index in [1.807, 2.05) is 12.1 Å². The van der Waals surface area contributed by atoms with Gasteiger partial charge in [-0.05, 0) is 118 Å². The average molecular weight is 808 g/mol. The highest BCUT2D eigenvalue weighted by atomic mass is 19.1. The second-order valence-electron chi connectivity index (χ2n) is 17.6. The Kier molecular flexibility index (Phi) is 10.6. The molecule has 59 heavy (non-hydrogen) atoms. The number of fused-ring (bicyclic) bond motifs is 3. The topological polar surface area (TPSA) is 152 Å². The van der Waals surface area contributed by atoms with Crippen LogP contribution in [0.4, 0.5) is 33.2 Å². The summed E-state index contributed by atoms with van der Waals surface area (Å²) in [5, 5.41) is 8.90. The number of piperidine rings is 3. The van der Waals surface area contributed by atoms with E-state index in [0.717, 1.165) is 96.5 Å². The van der Waals surface area contributed by atoms with E-state index in [9.17, 15) is 19.2 Å². The molecule has 0 radical (unpaired) electrons. The number of aromatic nitrogens is 2. The smallest absolute Gasteiger partial charge is 0.251 e. The van der Waals surface area contributed by atoms with E-state index in [4.69, 9.17) is 9.72 Å². The molecule has 4 amide bonds. The van der Waals surface area contributed by atoms with Crippen molar-refractivity contribution in [2.75, 3.05) is 73.4 Å². The van der Waals surface area contributed by atoms with Crippen LogP contribution in [-0.2, 0) is 14.4 Å². The zero-order valence-electron chi connectivity index (χ0n) is 34.0. The fourth-order valence-corrected chi connectivity index (χ4v) is 10.4. The summed E-state index contributed by atoms with van der Waals surface area (Å²) < 4.78 is 21.0. The fourth-order valence-electron chi connectivity index (χ4n) is 10.4. The number of ether oxygens (including phenoxy) is 1. The van der Waals surface area contributed by atoms with Gasteiger partial charge in [-0.25, -0.2) is 9.37 Å². The first-order valence-electron chi connectivity index (χ1n) is 21.3. The van der Waals surface area contributed by atoms with Gasteiger partial charge in [-0.3, -0.25) is 24.5 Å². The first kappa shape index (κ1) is 39.2. The Labute approximate surface area is 344 Å². The molecular weight excluding hydrogens is 754 g/mol. The van der Waals surface area contributed by atoms with Gasteiger partial charge in [-0.1, -0.05) is 6.07 Å². The van der Waals surface area contributed by atoms with Crippen molar-refractivity contribution in [3.63, 3.8) is 0 Å². The highest BCUT2D eigenvalue weighted by molar-refractivity contribution is 6.01. The predicted octanol–water partition coefficient (Wildman–Crippen LogP) is 5.11. The Hall–Kier alpha value is -5.31. The molecular formula is C44H54FN9O5. The van der Waals surface area contributed by atoms with Crippen molar-refractivity contribution >= 4 is 52.5 Å². The van der Waals surface area contributed by atoms with Crippen molar-refractivity contribution in [3.05, 3.63) is 59.5 Å². The van der Waals surface area contributed by atoms with Crippen LogP contribution in [0.1, 0.15) is 92.5 Å². The number of likely N-dealkylation sites (tertiary alicyclic amines) is 1. The maximum absolute atomic E-state index is 15.3. The van der Waals surface area contributed by atoms with Gasteiger partial charge in [0.1, 0.15) is 17.3 Å². The lowest BCUT2D eigenvalue weighted by atomic mass is 9.60. The van der Waals surface area contributed by atoms with E-state index < -0.39 is 5.92 Å². The average Bonchev–Trinajstić information content (AvgIpc) is 3.65. The number of benzene rings is 2. The van der Waals surface area contributed by atoms with Crippen molar-refractivity contribution in [1.29, 1.82) is 0 Å². The molecule has 2 atom stereocenters. The first-order chi connectivity index (χ1) is 28.5. The van der Waals surface area contributed by atoms with E-state index >= 15 is 4.39 Å². The summed E-state index contributed by atoms with van der Waals surface area (Å²) in [6.07, 6.45) is 11.1. The van der Waals surface area contributed by atoms with Crippen LogP contribution >= 0.6 is 0 Å². The maximum Gasteiger partial charge on any atom is 0.251 e. The zero-order valence-corrected chi connectivity index (χ0v) is 34.0. The molecule has 15 heteroatoms. The Bertz CT molecular complexity index is 2130. The molecule has 1 saturated carbocycles. The molecule has 3 N–H and O–H groups in total. The number of amides is 4. The fraction of sp³-hybridized carbons (Fsp3) is 0.545. The quantitative estimate of drug-likeness (QED) is 0.248. The normalized spacial score (nSPS) is 23.6. The maximum atomic E-state index is 15.3. The van der Waals surface area contributed by atoms with Gasteiger partial charge in [0.15, 0.2) is 5.82 Å². The van der Waals surface area contributed by atoms with Crippen LogP contribution in [0.3, 0.4) is 0 Å². The number of carbonyl (C=O) groups excluding carboxylic acids is 4. The molecule has 1 aromatic heterocycles. The number of imide groups is 1. The van der Waals surface area contributed by atoms with Crippen LogP contribution in [0.5, 0.6) is 5.75 Å². The number of nitrogens with one attached hydrogen (secondary N) is 3. The van der Waals surface area contributed by atoms with E-state index in [1.54, 1.807) is 43.5 Å². The van der Waals surface area contributed by atoms with Crippen LogP contribution in [0.25, 0.3) is 0 Å². The summed E-state index contributed by atoms with van der Waals surface area (Å²) in [5.41, 5.74) is 3.37. The molecule has 9 rings (SSSR count). The number of rotatable bonds is 9. The van der Waals surface area contributed by atoms with Crippen LogP contribution in [0.15, 0.2) is 42.6 Å². The predicted molar refractivity (Wildman–Crippen MR) is 222 cm³/mol.